The lowest BCUT2D eigenvalue weighted by atomic mass is 10.0. The molecule has 0 aliphatic heterocycles. The molecule has 4 nitrogen and oxygen atoms in total. The maximum absolute atomic E-state index is 12.1. The first kappa shape index (κ1) is 28.6. The molecule has 6 heteroatoms. The molecule has 3 rings (SSSR count). The zero-order chi connectivity index (χ0) is 26.3. The number of carbonyl (C=O) groups excluding carboxylic acids is 1. The number of nitriles is 1. The predicted molar refractivity (Wildman–Crippen MR) is 150 cm³/mol. The fourth-order valence-corrected chi connectivity index (χ4v) is 4.38. The van der Waals surface area contributed by atoms with Crippen LogP contribution in [-0.4, -0.2) is 19.2 Å². The number of halogens is 2. The van der Waals surface area contributed by atoms with Gasteiger partial charge in [0.2, 0.25) is 0 Å². The molecule has 0 amide bonds. The summed E-state index contributed by atoms with van der Waals surface area (Å²) in [6, 6.07) is 22.6. The summed E-state index contributed by atoms with van der Waals surface area (Å²) in [5, 5.41) is 9.74. The third kappa shape index (κ3) is 10.1. The van der Waals surface area contributed by atoms with E-state index in [1.165, 1.54) is 38.2 Å². The van der Waals surface area contributed by atoms with Crippen molar-refractivity contribution in [3.05, 3.63) is 87.9 Å². The molecular formula is C31H33Cl2NO3. The molecule has 0 spiro atoms. The SMILES string of the molecule is N#Cc1ccc(-c2ccc(OCCCCCCCCCCCOC(=O)c3cc(Cl)ccc3Cl)cc2)cc1. The zero-order valence-electron chi connectivity index (χ0n) is 21.1. The van der Waals surface area contributed by atoms with Crippen molar-refractivity contribution in [1.29, 1.82) is 5.26 Å². The Kier molecular flexibility index (Phi) is 12.3. The minimum absolute atomic E-state index is 0.317. The molecule has 0 aliphatic carbocycles. The van der Waals surface area contributed by atoms with Gasteiger partial charge in [0.25, 0.3) is 0 Å². The summed E-state index contributed by atoms with van der Waals surface area (Å²) in [5.74, 6) is 0.468. The van der Waals surface area contributed by atoms with Gasteiger partial charge in [0, 0.05) is 5.02 Å². The summed E-state index contributed by atoms with van der Waals surface area (Å²) in [6.45, 7) is 1.13. The number of hydrogen-bond acceptors (Lipinski definition) is 4. The largest absolute Gasteiger partial charge is 0.494 e. The molecule has 37 heavy (non-hydrogen) atoms. The number of esters is 1. The van der Waals surface area contributed by atoms with E-state index >= 15 is 0 Å². The van der Waals surface area contributed by atoms with Gasteiger partial charge >= 0.3 is 5.97 Å². The van der Waals surface area contributed by atoms with Crippen molar-refractivity contribution in [2.45, 2.75) is 57.8 Å². The van der Waals surface area contributed by atoms with Crippen LogP contribution >= 0.6 is 23.2 Å². The minimum atomic E-state index is -0.420. The van der Waals surface area contributed by atoms with Gasteiger partial charge in [0.05, 0.1) is 35.4 Å². The highest BCUT2D eigenvalue weighted by Gasteiger charge is 2.12. The number of unbranched alkanes of at least 4 members (excludes halogenated alkanes) is 8. The highest BCUT2D eigenvalue weighted by molar-refractivity contribution is 6.35. The molecule has 0 fully saturated rings. The average molecular weight is 539 g/mol. The molecule has 0 radical (unpaired) electrons. The van der Waals surface area contributed by atoms with Crippen LogP contribution in [-0.2, 0) is 4.74 Å². The molecular weight excluding hydrogens is 505 g/mol. The fourth-order valence-electron chi connectivity index (χ4n) is 4.01. The smallest absolute Gasteiger partial charge is 0.339 e. The van der Waals surface area contributed by atoms with Crippen LogP contribution in [0.15, 0.2) is 66.7 Å². The van der Waals surface area contributed by atoms with E-state index in [1.807, 2.05) is 36.4 Å². The van der Waals surface area contributed by atoms with Crippen molar-refractivity contribution in [1.82, 2.24) is 0 Å². The van der Waals surface area contributed by atoms with Crippen LogP contribution in [0.1, 0.15) is 73.7 Å². The van der Waals surface area contributed by atoms with Gasteiger partial charge in [-0.15, -0.1) is 0 Å². The summed E-state index contributed by atoms with van der Waals surface area (Å²) in [4.78, 5) is 12.1. The highest BCUT2D eigenvalue weighted by atomic mass is 35.5. The van der Waals surface area contributed by atoms with Crippen molar-refractivity contribution >= 4 is 29.2 Å². The summed E-state index contributed by atoms with van der Waals surface area (Å²) in [5.41, 5.74) is 3.19. The number of hydrogen-bond donors (Lipinski definition) is 0. The second kappa shape index (κ2) is 16.0. The predicted octanol–water partition coefficient (Wildman–Crippen LogP) is 9.28. The third-order valence-corrected chi connectivity index (χ3v) is 6.71. The van der Waals surface area contributed by atoms with E-state index in [0.29, 0.717) is 27.8 Å². The van der Waals surface area contributed by atoms with Gasteiger partial charge in [0.1, 0.15) is 5.75 Å². The second-order valence-corrected chi connectivity index (χ2v) is 9.85. The van der Waals surface area contributed by atoms with E-state index < -0.39 is 5.97 Å². The molecule has 0 aliphatic rings. The van der Waals surface area contributed by atoms with Gasteiger partial charge in [0.15, 0.2) is 0 Å². The molecule has 194 valence electrons. The lowest BCUT2D eigenvalue weighted by Gasteiger charge is -2.08. The maximum atomic E-state index is 12.1. The first-order valence-electron chi connectivity index (χ1n) is 12.9. The Bertz CT molecular complexity index is 1150. The summed E-state index contributed by atoms with van der Waals surface area (Å²) in [7, 11) is 0. The fraction of sp³-hybridized carbons (Fsp3) is 0.355. The van der Waals surface area contributed by atoms with Gasteiger partial charge < -0.3 is 9.47 Å². The highest BCUT2D eigenvalue weighted by Crippen LogP contribution is 2.23. The summed E-state index contributed by atoms with van der Waals surface area (Å²) in [6.07, 6.45) is 10.2. The van der Waals surface area contributed by atoms with Crippen molar-refractivity contribution in [2.24, 2.45) is 0 Å². The number of benzene rings is 3. The van der Waals surface area contributed by atoms with Gasteiger partial charge in [-0.3, -0.25) is 0 Å². The second-order valence-electron chi connectivity index (χ2n) is 9.00. The van der Waals surface area contributed by atoms with Gasteiger partial charge in [-0.25, -0.2) is 4.79 Å². The zero-order valence-corrected chi connectivity index (χ0v) is 22.6. The molecule has 0 heterocycles. The van der Waals surface area contributed by atoms with E-state index in [2.05, 4.69) is 18.2 Å². The van der Waals surface area contributed by atoms with Crippen LogP contribution in [0, 0.1) is 11.3 Å². The van der Waals surface area contributed by atoms with E-state index in [4.69, 9.17) is 37.9 Å². The van der Waals surface area contributed by atoms with Gasteiger partial charge in [-0.1, -0.05) is 92.4 Å². The third-order valence-electron chi connectivity index (χ3n) is 6.14. The van der Waals surface area contributed by atoms with Crippen LogP contribution in [0.3, 0.4) is 0 Å². The first-order chi connectivity index (χ1) is 18.1. The van der Waals surface area contributed by atoms with E-state index in [1.54, 1.807) is 12.1 Å². The van der Waals surface area contributed by atoms with E-state index in [-0.39, 0.29) is 0 Å². The number of nitrogens with zero attached hydrogens (tertiary/aromatic N) is 1. The van der Waals surface area contributed by atoms with Crippen LogP contribution in [0.2, 0.25) is 10.0 Å². The number of rotatable bonds is 15. The Morgan fingerprint density at radius 2 is 1.24 bits per heavy atom. The van der Waals surface area contributed by atoms with E-state index in [9.17, 15) is 4.79 Å². The topological polar surface area (TPSA) is 59.3 Å². The monoisotopic (exact) mass is 537 g/mol. The van der Waals surface area contributed by atoms with Gasteiger partial charge in [-0.2, -0.15) is 5.26 Å². The molecule has 0 atom stereocenters. The van der Waals surface area contributed by atoms with Crippen molar-refractivity contribution < 1.29 is 14.3 Å². The Hall–Kier alpha value is -3.00. The minimum Gasteiger partial charge on any atom is -0.494 e. The first-order valence-corrected chi connectivity index (χ1v) is 13.7. The van der Waals surface area contributed by atoms with Crippen LogP contribution < -0.4 is 4.74 Å². The molecule has 3 aromatic carbocycles. The molecule has 3 aromatic rings. The maximum Gasteiger partial charge on any atom is 0.339 e. The van der Waals surface area contributed by atoms with Crippen LogP contribution in [0.4, 0.5) is 0 Å². The Morgan fingerprint density at radius 3 is 1.84 bits per heavy atom. The Morgan fingerprint density at radius 1 is 0.703 bits per heavy atom. The molecule has 0 saturated carbocycles. The summed E-state index contributed by atoms with van der Waals surface area (Å²) < 4.78 is 11.2. The molecule has 0 N–H and O–H groups in total. The Labute approximate surface area is 230 Å². The van der Waals surface area contributed by atoms with Crippen molar-refractivity contribution in [3.8, 4) is 22.9 Å². The number of ether oxygens (including phenoxy) is 2. The quantitative estimate of drug-likeness (QED) is 0.143. The normalized spacial score (nSPS) is 10.6. The number of carbonyl (C=O) groups is 1. The molecule has 0 aromatic heterocycles. The van der Waals surface area contributed by atoms with Gasteiger partial charge in [-0.05, 0) is 66.4 Å². The molecule has 0 unspecified atom stereocenters. The Balaban J connectivity index is 1.15. The van der Waals surface area contributed by atoms with Crippen molar-refractivity contribution in [3.63, 3.8) is 0 Å². The van der Waals surface area contributed by atoms with Crippen LogP contribution in [0.25, 0.3) is 11.1 Å². The lowest BCUT2D eigenvalue weighted by Crippen LogP contribution is -2.07. The standard InChI is InChI=1S/C31H33Cl2NO3/c32-27-16-19-30(33)29(22-27)31(35)37-21-9-7-5-3-1-2-4-6-8-20-36-28-17-14-26(15-18-28)25-12-10-24(23-34)11-13-25/h10-19,22H,1-9,20-21H2. The van der Waals surface area contributed by atoms with Crippen LogP contribution in [0.5, 0.6) is 5.75 Å². The molecule has 0 saturated heterocycles. The average Bonchev–Trinajstić information content (AvgIpc) is 2.93. The lowest BCUT2D eigenvalue weighted by molar-refractivity contribution is 0.0498. The summed E-state index contributed by atoms with van der Waals surface area (Å²) >= 11 is 11.9. The van der Waals surface area contributed by atoms with E-state index in [0.717, 1.165) is 49.2 Å². The van der Waals surface area contributed by atoms with Crippen molar-refractivity contribution in [2.75, 3.05) is 13.2 Å². The molecule has 0 bridgehead atoms.